The number of rotatable bonds is 8. The Morgan fingerprint density at radius 1 is 1.25 bits per heavy atom. The van der Waals surface area contributed by atoms with Gasteiger partial charge in [-0.1, -0.05) is 18.2 Å². The Hall–Kier alpha value is -1.68. The van der Waals surface area contributed by atoms with Crippen molar-refractivity contribution in [3.05, 3.63) is 42.5 Å². The lowest BCUT2D eigenvalue weighted by Gasteiger charge is -2.12. The van der Waals surface area contributed by atoms with Gasteiger partial charge in [-0.15, -0.1) is 34.2 Å². The van der Waals surface area contributed by atoms with E-state index in [2.05, 4.69) is 25.8 Å². The Balaban J connectivity index is 0.00000288. The molecule has 0 saturated carbocycles. The van der Waals surface area contributed by atoms with Crippen LogP contribution in [-0.2, 0) is 11.3 Å². The molecule has 0 radical (unpaired) electrons. The van der Waals surface area contributed by atoms with E-state index in [0.717, 1.165) is 43.7 Å². The SMILES string of the molecule is CCOCCCNC(=NC)NCc1nncn1-c1ccccc1.I. The molecule has 1 aromatic carbocycles. The quantitative estimate of drug-likeness (QED) is 0.282. The van der Waals surface area contributed by atoms with Crippen LogP contribution in [0, 0.1) is 0 Å². The first kappa shape index (κ1) is 20.4. The summed E-state index contributed by atoms with van der Waals surface area (Å²) in [6, 6.07) is 10.0. The molecule has 0 aliphatic carbocycles. The molecular weight excluding hydrogens is 419 g/mol. The minimum absolute atomic E-state index is 0. The Bertz CT molecular complexity index is 602. The molecule has 0 atom stereocenters. The van der Waals surface area contributed by atoms with E-state index in [0.29, 0.717) is 6.54 Å². The minimum Gasteiger partial charge on any atom is -0.382 e. The lowest BCUT2D eigenvalue weighted by molar-refractivity contribution is 0.145. The van der Waals surface area contributed by atoms with Crippen LogP contribution in [0.3, 0.4) is 0 Å². The maximum atomic E-state index is 5.31. The molecule has 24 heavy (non-hydrogen) atoms. The van der Waals surface area contributed by atoms with Crippen molar-refractivity contribution in [2.24, 2.45) is 4.99 Å². The lowest BCUT2D eigenvalue weighted by atomic mass is 10.3. The summed E-state index contributed by atoms with van der Waals surface area (Å²) >= 11 is 0. The third kappa shape index (κ3) is 6.44. The van der Waals surface area contributed by atoms with Gasteiger partial charge in [-0.25, -0.2) is 0 Å². The summed E-state index contributed by atoms with van der Waals surface area (Å²) in [4.78, 5) is 4.20. The highest BCUT2D eigenvalue weighted by atomic mass is 127. The zero-order chi connectivity index (χ0) is 16.3. The molecule has 1 aromatic heterocycles. The highest BCUT2D eigenvalue weighted by molar-refractivity contribution is 14.0. The highest BCUT2D eigenvalue weighted by Gasteiger charge is 2.06. The van der Waals surface area contributed by atoms with Crippen molar-refractivity contribution in [3.63, 3.8) is 0 Å². The van der Waals surface area contributed by atoms with Gasteiger partial charge in [0.2, 0.25) is 0 Å². The summed E-state index contributed by atoms with van der Waals surface area (Å²) in [6.45, 7) is 4.85. The molecule has 1 heterocycles. The van der Waals surface area contributed by atoms with Gasteiger partial charge in [0.05, 0.1) is 6.54 Å². The second-order valence-electron chi connectivity index (χ2n) is 4.86. The van der Waals surface area contributed by atoms with E-state index in [1.54, 1.807) is 13.4 Å². The minimum atomic E-state index is 0. The van der Waals surface area contributed by atoms with Crippen molar-refractivity contribution in [3.8, 4) is 5.69 Å². The number of para-hydroxylation sites is 1. The normalized spacial score (nSPS) is 11.0. The molecule has 0 aliphatic heterocycles. The fraction of sp³-hybridized carbons (Fsp3) is 0.438. The Morgan fingerprint density at radius 3 is 2.75 bits per heavy atom. The monoisotopic (exact) mass is 444 g/mol. The average Bonchev–Trinajstić information content (AvgIpc) is 3.07. The number of benzene rings is 1. The standard InChI is InChI=1S/C16H24N6O.HI/c1-3-23-11-7-10-18-16(17-2)19-12-15-21-20-13-22(15)14-8-5-4-6-9-14;/h4-6,8-9,13H,3,7,10-12H2,1-2H3,(H2,17,18,19);1H. The van der Waals surface area contributed by atoms with Crippen molar-refractivity contribution < 1.29 is 4.74 Å². The Labute approximate surface area is 159 Å². The van der Waals surface area contributed by atoms with Crippen LogP contribution in [-0.4, -0.2) is 47.5 Å². The van der Waals surface area contributed by atoms with Crippen LogP contribution < -0.4 is 10.6 Å². The number of hydrogen-bond donors (Lipinski definition) is 2. The number of nitrogens with one attached hydrogen (secondary N) is 2. The smallest absolute Gasteiger partial charge is 0.191 e. The number of aliphatic imine (C=N–C) groups is 1. The van der Waals surface area contributed by atoms with Crippen LogP contribution in [0.2, 0.25) is 0 Å². The second kappa shape index (κ2) is 11.8. The fourth-order valence-corrected chi connectivity index (χ4v) is 2.09. The zero-order valence-corrected chi connectivity index (χ0v) is 16.4. The van der Waals surface area contributed by atoms with Crippen LogP contribution in [0.4, 0.5) is 0 Å². The summed E-state index contributed by atoms with van der Waals surface area (Å²) < 4.78 is 7.26. The van der Waals surface area contributed by atoms with Crippen molar-refractivity contribution >= 4 is 29.9 Å². The molecule has 0 fully saturated rings. The summed E-state index contributed by atoms with van der Waals surface area (Å²) in [6.07, 6.45) is 2.65. The molecule has 2 aromatic rings. The number of guanidine groups is 1. The largest absolute Gasteiger partial charge is 0.382 e. The molecular formula is C16H25IN6O. The number of halogens is 1. The Morgan fingerprint density at radius 2 is 2.04 bits per heavy atom. The van der Waals surface area contributed by atoms with Gasteiger partial charge < -0.3 is 15.4 Å². The predicted octanol–water partition coefficient (Wildman–Crippen LogP) is 1.98. The van der Waals surface area contributed by atoms with Crippen LogP contribution >= 0.6 is 24.0 Å². The first-order chi connectivity index (χ1) is 11.3. The molecule has 0 amide bonds. The van der Waals surface area contributed by atoms with Crippen molar-refractivity contribution in [1.82, 2.24) is 25.4 Å². The number of hydrogen-bond acceptors (Lipinski definition) is 4. The highest BCUT2D eigenvalue weighted by Crippen LogP contribution is 2.08. The molecule has 2 rings (SSSR count). The van der Waals surface area contributed by atoms with E-state index in [1.807, 2.05) is 41.8 Å². The van der Waals surface area contributed by atoms with Gasteiger partial charge in [-0.2, -0.15) is 0 Å². The first-order valence-corrected chi connectivity index (χ1v) is 7.81. The molecule has 0 saturated heterocycles. The third-order valence-electron chi connectivity index (χ3n) is 3.25. The van der Waals surface area contributed by atoms with Crippen LogP contribution in [0.15, 0.2) is 41.7 Å². The molecule has 132 valence electrons. The van der Waals surface area contributed by atoms with E-state index >= 15 is 0 Å². The van der Waals surface area contributed by atoms with Gasteiger partial charge in [0.15, 0.2) is 11.8 Å². The average molecular weight is 444 g/mol. The van der Waals surface area contributed by atoms with Gasteiger partial charge in [-0.3, -0.25) is 9.56 Å². The summed E-state index contributed by atoms with van der Waals surface area (Å²) in [7, 11) is 1.75. The van der Waals surface area contributed by atoms with Gasteiger partial charge in [0.25, 0.3) is 0 Å². The van der Waals surface area contributed by atoms with Gasteiger partial charge in [0, 0.05) is 32.5 Å². The fourth-order valence-electron chi connectivity index (χ4n) is 2.09. The maximum Gasteiger partial charge on any atom is 0.191 e. The number of ether oxygens (including phenoxy) is 1. The van der Waals surface area contributed by atoms with Gasteiger partial charge >= 0.3 is 0 Å². The van der Waals surface area contributed by atoms with Crippen molar-refractivity contribution in [2.75, 3.05) is 26.8 Å². The molecule has 0 bridgehead atoms. The van der Waals surface area contributed by atoms with Crippen LogP contribution in [0.1, 0.15) is 19.2 Å². The zero-order valence-electron chi connectivity index (χ0n) is 14.1. The molecule has 0 spiro atoms. The number of aromatic nitrogens is 3. The van der Waals surface area contributed by atoms with E-state index in [-0.39, 0.29) is 24.0 Å². The van der Waals surface area contributed by atoms with Crippen molar-refractivity contribution in [2.45, 2.75) is 19.9 Å². The maximum absolute atomic E-state index is 5.31. The van der Waals surface area contributed by atoms with Crippen LogP contribution in [0.25, 0.3) is 5.69 Å². The molecule has 0 unspecified atom stereocenters. The molecule has 0 aliphatic rings. The topological polar surface area (TPSA) is 76.4 Å². The van der Waals surface area contributed by atoms with Gasteiger partial charge in [0.1, 0.15) is 6.33 Å². The first-order valence-electron chi connectivity index (χ1n) is 7.81. The molecule has 8 heteroatoms. The Kier molecular flexibility index (Phi) is 10.0. The lowest BCUT2D eigenvalue weighted by Crippen LogP contribution is -2.38. The van der Waals surface area contributed by atoms with E-state index in [1.165, 1.54) is 0 Å². The van der Waals surface area contributed by atoms with Crippen molar-refractivity contribution in [1.29, 1.82) is 0 Å². The predicted molar refractivity (Wildman–Crippen MR) is 106 cm³/mol. The number of nitrogens with zero attached hydrogens (tertiary/aromatic N) is 4. The summed E-state index contributed by atoms with van der Waals surface area (Å²) in [5, 5.41) is 14.7. The van der Waals surface area contributed by atoms with E-state index < -0.39 is 0 Å². The van der Waals surface area contributed by atoms with Crippen LogP contribution in [0.5, 0.6) is 0 Å². The van der Waals surface area contributed by atoms with E-state index in [9.17, 15) is 0 Å². The van der Waals surface area contributed by atoms with Gasteiger partial charge in [-0.05, 0) is 25.5 Å². The second-order valence-corrected chi connectivity index (χ2v) is 4.86. The summed E-state index contributed by atoms with van der Waals surface area (Å²) in [5.74, 6) is 1.57. The molecule has 2 N–H and O–H groups in total. The van der Waals surface area contributed by atoms with E-state index in [4.69, 9.17) is 4.74 Å². The third-order valence-corrected chi connectivity index (χ3v) is 3.25. The molecule has 7 nitrogen and oxygen atoms in total. The summed E-state index contributed by atoms with van der Waals surface area (Å²) in [5.41, 5.74) is 1.04.